The number of carbonyl (C=O) groups excluding carboxylic acids is 1. The van der Waals surface area contributed by atoms with Gasteiger partial charge in [0, 0.05) is 24.3 Å². The van der Waals surface area contributed by atoms with Gasteiger partial charge in [0.05, 0.1) is 13.1 Å². The summed E-state index contributed by atoms with van der Waals surface area (Å²) in [6.45, 7) is 5.58. The smallest absolute Gasteiger partial charge is 0.328 e. The minimum absolute atomic E-state index is 0. The van der Waals surface area contributed by atoms with Crippen molar-refractivity contribution in [2.75, 3.05) is 32.7 Å². The molecule has 4 aliphatic heterocycles. The molecule has 0 unspecified atom stereocenters. The van der Waals surface area contributed by atoms with Crippen molar-refractivity contribution >= 4 is 5.97 Å². The van der Waals surface area contributed by atoms with E-state index in [4.69, 9.17) is 14.2 Å². The first-order valence-corrected chi connectivity index (χ1v) is 13.4. The molecule has 0 saturated carbocycles. The molecule has 4 aliphatic rings. The summed E-state index contributed by atoms with van der Waals surface area (Å²) in [5.41, 5.74) is 1.97. The average Bonchev–Trinajstić information content (AvgIpc) is 3.39. The number of halogens is 1. The molecule has 37 heavy (non-hydrogen) atoms. The zero-order valence-electron chi connectivity index (χ0n) is 21.2. The standard InChI is InChI=1S/C29H35N4O3.ClH/c34-29(27(23-10-4-1-5-11-23)32-16-8-3-9-17-32)35-25-20-33(18-14-22(25)15-19-33)21-26-30-28(36-31-26)24-12-6-2-7-13-24;/h1-2,4-7,10-13,22,25,27H,3,8-9,14-21H2;1H/q+1;/p-1/t22?,25-,27-,33?;/m0./s1. The molecule has 4 fully saturated rings. The largest absolute Gasteiger partial charge is 1.00 e. The van der Waals surface area contributed by atoms with Gasteiger partial charge in [-0.2, -0.15) is 4.98 Å². The molecule has 2 bridgehead atoms. The molecule has 1 aromatic heterocycles. The highest BCUT2D eigenvalue weighted by Gasteiger charge is 2.49. The lowest BCUT2D eigenvalue weighted by molar-refractivity contribution is -0.958. The lowest BCUT2D eigenvalue weighted by atomic mass is 9.83. The van der Waals surface area contributed by atoms with Gasteiger partial charge in [0.2, 0.25) is 5.82 Å². The second-order valence-electron chi connectivity index (χ2n) is 10.7. The fourth-order valence-corrected chi connectivity index (χ4v) is 6.41. The number of ether oxygens (including phenoxy) is 1. The Morgan fingerprint density at radius 2 is 1.68 bits per heavy atom. The maximum atomic E-state index is 13.7. The molecule has 5 heterocycles. The number of hydrogen-bond donors (Lipinski definition) is 0. The Morgan fingerprint density at radius 3 is 2.38 bits per heavy atom. The molecule has 4 saturated heterocycles. The Kier molecular flexibility index (Phi) is 7.93. The summed E-state index contributed by atoms with van der Waals surface area (Å²) in [5, 5.41) is 4.30. The van der Waals surface area contributed by atoms with Crippen LogP contribution < -0.4 is 12.4 Å². The fraction of sp³-hybridized carbons (Fsp3) is 0.483. The quantitative estimate of drug-likeness (QED) is 0.347. The van der Waals surface area contributed by atoms with Crippen molar-refractivity contribution in [2.45, 2.75) is 50.8 Å². The molecule has 0 amide bonds. The Balaban J connectivity index is 0.00000280. The van der Waals surface area contributed by atoms with Crippen LogP contribution in [-0.2, 0) is 16.1 Å². The molecular weight excluding hydrogens is 488 g/mol. The van der Waals surface area contributed by atoms with Crippen LogP contribution in [0.4, 0.5) is 0 Å². The van der Waals surface area contributed by atoms with Gasteiger partial charge in [0.15, 0.2) is 6.10 Å². The fourth-order valence-electron chi connectivity index (χ4n) is 6.41. The molecule has 0 N–H and O–H groups in total. The topological polar surface area (TPSA) is 68.5 Å². The molecule has 0 aliphatic carbocycles. The van der Waals surface area contributed by atoms with Crippen molar-refractivity contribution < 1.29 is 30.9 Å². The van der Waals surface area contributed by atoms with Crippen molar-refractivity contribution in [1.82, 2.24) is 15.0 Å². The predicted octanol–water partition coefficient (Wildman–Crippen LogP) is 1.62. The van der Waals surface area contributed by atoms with Crippen LogP contribution in [0.3, 0.4) is 0 Å². The third kappa shape index (κ3) is 5.59. The molecular formula is C29H35ClN4O3. The van der Waals surface area contributed by atoms with Crippen LogP contribution >= 0.6 is 0 Å². The van der Waals surface area contributed by atoms with Crippen LogP contribution in [0.15, 0.2) is 65.2 Å². The summed E-state index contributed by atoms with van der Waals surface area (Å²) >= 11 is 0. The van der Waals surface area contributed by atoms with Gasteiger partial charge in [-0.1, -0.05) is 60.1 Å². The highest BCUT2D eigenvalue weighted by atomic mass is 35.5. The van der Waals surface area contributed by atoms with Gasteiger partial charge in [-0.3, -0.25) is 4.90 Å². The summed E-state index contributed by atoms with van der Waals surface area (Å²) in [5.74, 6) is 1.64. The van der Waals surface area contributed by atoms with Crippen LogP contribution in [0.5, 0.6) is 0 Å². The van der Waals surface area contributed by atoms with E-state index in [9.17, 15) is 4.79 Å². The molecule has 3 aromatic rings. The van der Waals surface area contributed by atoms with Crippen molar-refractivity contribution in [2.24, 2.45) is 5.92 Å². The number of piperidine rings is 4. The summed E-state index contributed by atoms with van der Waals surface area (Å²) in [4.78, 5) is 20.7. The monoisotopic (exact) mass is 522 g/mol. The van der Waals surface area contributed by atoms with Gasteiger partial charge < -0.3 is 26.2 Å². The van der Waals surface area contributed by atoms with Gasteiger partial charge in [0.25, 0.3) is 5.89 Å². The first-order chi connectivity index (χ1) is 17.7. The number of likely N-dealkylation sites (tertiary alicyclic amines) is 1. The molecule has 0 radical (unpaired) electrons. The molecule has 7 nitrogen and oxygen atoms in total. The van der Waals surface area contributed by atoms with Crippen LogP contribution in [0.1, 0.15) is 49.5 Å². The SMILES string of the molecule is O=C(O[C@H]1C[N+]2(Cc3noc(-c4ccccc4)n3)CCC1CC2)[C@H](c1ccccc1)N1CCCCC1.[Cl-]. The predicted molar refractivity (Wildman–Crippen MR) is 136 cm³/mol. The number of rotatable bonds is 7. The normalized spacial score (nSPS) is 26.3. The molecule has 2 aromatic carbocycles. The molecule has 7 rings (SSSR count). The highest BCUT2D eigenvalue weighted by Crippen LogP contribution is 2.38. The second-order valence-corrected chi connectivity index (χ2v) is 10.7. The first-order valence-electron chi connectivity index (χ1n) is 13.4. The first kappa shape index (κ1) is 25.9. The van der Waals surface area contributed by atoms with Gasteiger partial charge in [-0.25, -0.2) is 4.79 Å². The van der Waals surface area contributed by atoms with E-state index in [-0.39, 0.29) is 30.5 Å². The van der Waals surface area contributed by atoms with Crippen LogP contribution in [0, 0.1) is 5.92 Å². The average molecular weight is 523 g/mol. The van der Waals surface area contributed by atoms with E-state index in [0.717, 1.165) is 79.8 Å². The van der Waals surface area contributed by atoms with Crippen LogP contribution in [0.25, 0.3) is 11.5 Å². The van der Waals surface area contributed by atoms with Gasteiger partial charge in [-0.05, 0) is 43.6 Å². The minimum atomic E-state index is -0.318. The number of hydrogen-bond acceptors (Lipinski definition) is 6. The maximum absolute atomic E-state index is 13.7. The van der Waals surface area contributed by atoms with Crippen molar-refractivity contribution in [3.63, 3.8) is 0 Å². The van der Waals surface area contributed by atoms with Crippen LogP contribution in [-0.4, -0.2) is 64.3 Å². The van der Waals surface area contributed by atoms with Crippen molar-refractivity contribution in [3.05, 3.63) is 72.1 Å². The van der Waals surface area contributed by atoms with Crippen molar-refractivity contribution in [1.29, 1.82) is 0 Å². The second kappa shape index (κ2) is 11.3. The third-order valence-corrected chi connectivity index (χ3v) is 8.37. The lowest BCUT2D eigenvalue weighted by Crippen LogP contribution is -3.00. The van der Waals surface area contributed by atoms with Gasteiger partial charge in [-0.15, -0.1) is 0 Å². The highest BCUT2D eigenvalue weighted by molar-refractivity contribution is 5.78. The number of benzene rings is 2. The molecule has 196 valence electrons. The minimum Gasteiger partial charge on any atom is -1.00 e. The summed E-state index contributed by atoms with van der Waals surface area (Å²) in [6, 6.07) is 19.7. The third-order valence-electron chi connectivity index (χ3n) is 8.37. The maximum Gasteiger partial charge on any atom is 0.328 e. The van der Waals surface area contributed by atoms with Crippen LogP contribution in [0.2, 0.25) is 0 Å². The van der Waals surface area contributed by atoms with E-state index in [1.165, 1.54) is 6.42 Å². The Labute approximate surface area is 224 Å². The van der Waals surface area contributed by atoms with E-state index < -0.39 is 0 Å². The van der Waals surface area contributed by atoms with Crippen molar-refractivity contribution in [3.8, 4) is 11.5 Å². The van der Waals surface area contributed by atoms with E-state index >= 15 is 0 Å². The van der Waals surface area contributed by atoms with Gasteiger partial charge >= 0.3 is 5.97 Å². The summed E-state index contributed by atoms with van der Waals surface area (Å²) < 4.78 is 12.8. The molecule has 2 atom stereocenters. The number of carbonyl (C=O) groups is 1. The zero-order chi connectivity index (χ0) is 24.4. The lowest BCUT2D eigenvalue weighted by Gasteiger charge is -2.51. The van der Waals surface area contributed by atoms with Gasteiger partial charge in [0.1, 0.15) is 19.1 Å². The summed E-state index contributed by atoms with van der Waals surface area (Å²) in [7, 11) is 0. The number of fused-ring (bicyclic) bond motifs is 3. The Hall–Kier alpha value is -2.74. The molecule has 0 spiro atoms. The Bertz CT molecular complexity index is 1160. The van der Waals surface area contributed by atoms with E-state index in [0.29, 0.717) is 18.4 Å². The zero-order valence-corrected chi connectivity index (χ0v) is 21.9. The summed E-state index contributed by atoms with van der Waals surface area (Å²) in [6.07, 6.45) is 5.59. The number of nitrogens with zero attached hydrogens (tertiary/aromatic N) is 4. The van der Waals surface area contributed by atoms with E-state index in [1.807, 2.05) is 48.5 Å². The number of esters is 1. The molecule has 8 heteroatoms. The number of aromatic nitrogens is 2. The van der Waals surface area contributed by atoms with E-state index in [1.54, 1.807) is 0 Å². The number of quaternary nitrogens is 1. The van der Waals surface area contributed by atoms with E-state index in [2.05, 4.69) is 22.2 Å². The Morgan fingerprint density at radius 1 is 1.00 bits per heavy atom.